The Labute approximate surface area is 101 Å². The van der Waals surface area contributed by atoms with Crippen LogP contribution in [-0.2, 0) is 6.61 Å². The third kappa shape index (κ3) is 3.33. The minimum absolute atomic E-state index is 0.523. The number of hydrogen-bond acceptors (Lipinski definition) is 2. The number of rotatable bonds is 4. The third-order valence-corrected chi connectivity index (χ3v) is 2.26. The Bertz CT molecular complexity index is 528. The van der Waals surface area contributed by atoms with Crippen molar-refractivity contribution in [3.63, 3.8) is 0 Å². The predicted octanol–water partition coefficient (Wildman–Crippen LogP) is 3.46. The molecule has 0 saturated heterocycles. The summed E-state index contributed by atoms with van der Waals surface area (Å²) in [5, 5.41) is 0. The van der Waals surface area contributed by atoms with Crippen molar-refractivity contribution in [2.24, 2.45) is 0 Å². The molecule has 0 radical (unpaired) electrons. The molecule has 2 nitrogen and oxygen atoms in total. The van der Waals surface area contributed by atoms with Crippen molar-refractivity contribution in [1.29, 1.82) is 0 Å². The first-order chi connectivity index (χ1) is 8.38. The minimum Gasteiger partial charge on any atom is -0.473 e. The van der Waals surface area contributed by atoms with Crippen molar-refractivity contribution in [3.8, 4) is 5.88 Å². The van der Waals surface area contributed by atoms with Gasteiger partial charge in [-0.15, -0.1) is 5.73 Å². The number of aromatic nitrogens is 1. The molecular formula is C15H13NO. The largest absolute Gasteiger partial charge is 0.473 e. The molecule has 1 aromatic heterocycles. The van der Waals surface area contributed by atoms with Crippen molar-refractivity contribution < 1.29 is 4.74 Å². The highest BCUT2D eigenvalue weighted by molar-refractivity contribution is 5.48. The molecule has 0 saturated carbocycles. The Morgan fingerprint density at radius 2 is 2.06 bits per heavy atom. The lowest BCUT2D eigenvalue weighted by molar-refractivity contribution is 0.294. The summed E-state index contributed by atoms with van der Waals surface area (Å²) in [6, 6.07) is 13.7. The van der Waals surface area contributed by atoms with Gasteiger partial charge in [-0.1, -0.05) is 36.9 Å². The average molecular weight is 223 g/mol. The van der Waals surface area contributed by atoms with Crippen LogP contribution in [-0.4, -0.2) is 4.98 Å². The highest BCUT2D eigenvalue weighted by Crippen LogP contribution is 2.12. The van der Waals surface area contributed by atoms with Crippen molar-refractivity contribution in [2.45, 2.75) is 6.61 Å². The lowest BCUT2D eigenvalue weighted by atomic mass is 10.2. The second-order valence-corrected chi connectivity index (χ2v) is 3.55. The summed E-state index contributed by atoms with van der Waals surface area (Å²) < 4.78 is 5.60. The Kier molecular flexibility index (Phi) is 3.74. The van der Waals surface area contributed by atoms with Crippen LogP contribution in [0.25, 0.3) is 6.08 Å². The minimum atomic E-state index is 0.523. The third-order valence-electron chi connectivity index (χ3n) is 2.26. The van der Waals surface area contributed by atoms with E-state index in [1.54, 1.807) is 12.3 Å². The van der Waals surface area contributed by atoms with Crippen molar-refractivity contribution in [1.82, 2.24) is 4.98 Å². The Morgan fingerprint density at radius 3 is 2.82 bits per heavy atom. The summed E-state index contributed by atoms with van der Waals surface area (Å²) in [6.07, 6.45) is 3.50. The molecule has 2 aromatic rings. The molecule has 0 spiro atoms. The van der Waals surface area contributed by atoms with Gasteiger partial charge in [-0.25, -0.2) is 4.98 Å². The van der Waals surface area contributed by atoms with Crippen LogP contribution in [0.3, 0.4) is 0 Å². The van der Waals surface area contributed by atoms with Gasteiger partial charge in [0.2, 0.25) is 5.88 Å². The summed E-state index contributed by atoms with van der Waals surface area (Å²) in [5.74, 6) is 0.609. The van der Waals surface area contributed by atoms with Gasteiger partial charge in [0.15, 0.2) is 0 Å². The van der Waals surface area contributed by atoms with E-state index in [9.17, 15) is 0 Å². The van der Waals surface area contributed by atoms with Gasteiger partial charge < -0.3 is 4.74 Å². The molecule has 0 aliphatic carbocycles. The van der Waals surface area contributed by atoms with E-state index in [4.69, 9.17) is 4.74 Å². The molecule has 0 fully saturated rings. The van der Waals surface area contributed by atoms with Crippen LogP contribution in [0.15, 0.2) is 61.0 Å². The standard InChI is InChI=1S/C15H13NO/c1-2-6-13-9-10-16-15(11-13)17-12-14-7-4-3-5-8-14/h3-11H,1,12H2. The predicted molar refractivity (Wildman–Crippen MR) is 68.6 cm³/mol. The van der Waals surface area contributed by atoms with Gasteiger partial charge in [-0.2, -0.15) is 0 Å². The molecule has 17 heavy (non-hydrogen) atoms. The summed E-state index contributed by atoms with van der Waals surface area (Å²) in [5.41, 5.74) is 4.84. The van der Waals surface area contributed by atoms with Gasteiger partial charge in [0.25, 0.3) is 0 Å². The fourth-order valence-corrected chi connectivity index (χ4v) is 1.44. The van der Waals surface area contributed by atoms with E-state index in [0.29, 0.717) is 12.5 Å². The maximum absolute atomic E-state index is 5.60. The number of hydrogen-bond donors (Lipinski definition) is 0. The Morgan fingerprint density at radius 1 is 1.24 bits per heavy atom. The van der Waals surface area contributed by atoms with E-state index < -0.39 is 0 Å². The smallest absolute Gasteiger partial charge is 0.214 e. The lowest BCUT2D eigenvalue weighted by Gasteiger charge is -2.05. The van der Waals surface area contributed by atoms with Crippen LogP contribution in [0, 0.1) is 0 Å². The maximum Gasteiger partial charge on any atom is 0.214 e. The second kappa shape index (κ2) is 5.69. The van der Waals surface area contributed by atoms with E-state index >= 15 is 0 Å². The molecule has 0 amide bonds. The van der Waals surface area contributed by atoms with Gasteiger partial charge in [0.05, 0.1) is 0 Å². The van der Waals surface area contributed by atoms with E-state index in [0.717, 1.165) is 11.1 Å². The van der Waals surface area contributed by atoms with Crippen LogP contribution < -0.4 is 4.74 Å². The fraction of sp³-hybridized carbons (Fsp3) is 0.0667. The zero-order chi connectivity index (χ0) is 11.9. The highest BCUT2D eigenvalue weighted by Gasteiger charge is 1.97. The van der Waals surface area contributed by atoms with Crippen LogP contribution in [0.5, 0.6) is 5.88 Å². The lowest BCUT2D eigenvalue weighted by Crippen LogP contribution is -1.96. The van der Waals surface area contributed by atoms with Gasteiger partial charge in [-0.3, -0.25) is 0 Å². The van der Waals surface area contributed by atoms with E-state index in [1.165, 1.54) is 0 Å². The SMILES string of the molecule is C=C=Cc1ccnc(OCc2ccccc2)c1. The maximum atomic E-state index is 5.60. The highest BCUT2D eigenvalue weighted by atomic mass is 16.5. The molecule has 84 valence electrons. The van der Waals surface area contributed by atoms with Crippen molar-refractivity contribution >= 4 is 6.08 Å². The van der Waals surface area contributed by atoms with Crippen LogP contribution in [0.4, 0.5) is 0 Å². The normalized spacial score (nSPS) is 9.41. The van der Waals surface area contributed by atoms with Gasteiger partial charge >= 0.3 is 0 Å². The van der Waals surface area contributed by atoms with Crippen LogP contribution in [0.1, 0.15) is 11.1 Å². The molecule has 0 bridgehead atoms. The molecule has 0 aliphatic rings. The number of pyridine rings is 1. The first kappa shape index (κ1) is 11.2. The topological polar surface area (TPSA) is 22.1 Å². The molecule has 0 atom stereocenters. The van der Waals surface area contributed by atoms with E-state index in [1.807, 2.05) is 42.5 Å². The molecule has 2 heteroatoms. The Hall–Kier alpha value is -2.31. The van der Waals surface area contributed by atoms with E-state index in [-0.39, 0.29) is 0 Å². The van der Waals surface area contributed by atoms with Crippen LogP contribution >= 0.6 is 0 Å². The van der Waals surface area contributed by atoms with E-state index in [2.05, 4.69) is 17.3 Å². The molecule has 0 unspecified atom stereocenters. The molecule has 0 aliphatic heterocycles. The Balaban J connectivity index is 2.04. The number of ether oxygens (including phenoxy) is 1. The molecule has 0 N–H and O–H groups in total. The average Bonchev–Trinajstić information content (AvgIpc) is 2.39. The quantitative estimate of drug-likeness (QED) is 0.740. The molecule has 2 rings (SSSR count). The second-order valence-electron chi connectivity index (χ2n) is 3.55. The zero-order valence-corrected chi connectivity index (χ0v) is 9.47. The first-order valence-electron chi connectivity index (χ1n) is 5.37. The summed E-state index contributed by atoms with van der Waals surface area (Å²) in [6.45, 7) is 4.06. The van der Waals surface area contributed by atoms with Gasteiger partial charge in [0, 0.05) is 12.3 Å². The van der Waals surface area contributed by atoms with Crippen molar-refractivity contribution in [3.05, 3.63) is 72.1 Å². The van der Waals surface area contributed by atoms with Gasteiger partial charge in [-0.05, 0) is 23.3 Å². The number of nitrogens with zero attached hydrogens (tertiary/aromatic N) is 1. The summed E-state index contributed by atoms with van der Waals surface area (Å²) in [7, 11) is 0. The molecule has 1 heterocycles. The monoisotopic (exact) mass is 223 g/mol. The first-order valence-corrected chi connectivity index (χ1v) is 5.37. The zero-order valence-electron chi connectivity index (χ0n) is 9.47. The number of benzene rings is 1. The summed E-state index contributed by atoms with van der Waals surface area (Å²) >= 11 is 0. The molecular weight excluding hydrogens is 210 g/mol. The summed E-state index contributed by atoms with van der Waals surface area (Å²) in [4.78, 5) is 4.15. The van der Waals surface area contributed by atoms with Crippen LogP contribution in [0.2, 0.25) is 0 Å². The van der Waals surface area contributed by atoms with Crippen molar-refractivity contribution in [2.75, 3.05) is 0 Å². The fourth-order valence-electron chi connectivity index (χ4n) is 1.44. The van der Waals surface area contributed by atoms with Gasteiger partial charge in [0.1, 0.15) is 6.61 Å². The molecule has 1 aromatic carbocycles.